The van der Waals surface area contributed by atoms with Gasteiger partial charge in [0.25, 0.3) is 0 Å². The monoisotopic (exact) mass is 533 g/mol. The zero-order valence-corrected chi connectivity index (χ0v) is 23.5. The number of hydrogen-bond donors (Lipinski definition) is 0. The maximum Gasteiger partial charge on any atom is 0.173 e. The highest BCUT2D eigenvalue weighted by atomic mass is 16.5. The number of benzene rings is 2. The Balaban J connectivity index is 1.20. The van der Waals surface area contributed by atoms with E-state index in [0.29, 0.717) is 23.4 Å². The molecule has 2 aromatic carbocycles. The molecule has 40 heavy (non-hydrogen) atoms. The van der Waals surface area contributed by atoms with Gasteiger partial charge in [-0.3, -0.25) is 14.8 Å². The first-order valence-corrected chi connectivity index (χ1v) is 15.5. The minimum absolute atomic E-state index is 0.151. The molecule has 6 unspecified atom stereocenters. The second kappa shape index (κ2) is 8.56. The predicted molar refractivity (Wildman–Crippen MR) is 155 cm³/mol. The lowest BCUT2D eigenvalue weighted by molar-refractivity contribution is -0.0439. The number of pyridine rings is 1. The van der Waals surface area contributed by atoms with Crippen LogP contribution in [0.25, 0.3) is 0 Å². The number of hydrogen-bond acceptors (Lipinski definition) is 5. The molecule has 0 spiro atoms. The van der Waals surface area contributed by atoms with E-state index in [1.807, 2.05) is 24.5 Å². The van der Waals surface area contributed by atoms with Crippen LogP contribution in [-0.2, 0) is 18.4 Å². The minimum Gasteiger partial charge on any atom is -0.493 e. The smallest absolute Gasteiger partial charge is 0.173 e. The molecular weight excluding hydrogens is 494 g/mol. The van der Waals surface area contributed by atoms with Gasteiger partial charge in [0.05, 0.1) is 13.3 Å². The summed E-state index contributed by atoms with van der Waals surface area (Å²) in [5.41, 5.74) is 4.92. The van der Waals surface area contributed by atoms with Gasteiger partial charge in [0, 0.05) is 48.9 Å². The average molecular weight is 534 g/mol. The Labute approximate surface area is 237 Å². The fourth-order valence-electron chi connectivity index (χ4n) is 10.7. The molecule has 9 rings (SSSR count). The second-order valence-electron chi connectivity index (χ2n) is 13.6. The molecule has 0 radical (unpaired) electrons. The normalized spacial score (nSPS) is 35.4. The summed E-state index contributed by atoms with van der Waals surface area (Å²) in [6.45, 7) is 4.84. The molecule has 6 aliphatic rings. The van der Waals surface area contributed by atoms with Crippen LogP contribution in [0.2, 0.25) is 0 Å². The molecule has 2 aliphatic heterocycles. The Bertz CT molecular complexity index is 1440. The first-order valence-electron chi connectivity index (χ1n) is 15.5. The van der Waals surface area contributed by atoms with E-state index < -0.39 is 0 Å². The van der Waals surface area contributed by atoms with Crippen LogP contribution in [0.5, 0.6) is 17.2 Å². The van der Waals surface area contributed by atoms with E-state index in [2.05, 4.69) is 57.2 Å². The van der Waals surface area contributed by atoms with E-state index in [9.17, 15) is 0 Å². The highest BCUT2D eigenvalue weighted by molar-refractivity contribution is 5.62. The van der Waals surface area contributed by atoms with Gasteiger partial charge in [-0.1, -0.05) is 36.4 Å². The van der Waals surface area contributed by atoms with Gasteiger partial charge in [-0.25, -0.2) is 0 Å². The van der Waals surface area contributed by atoms with Gasteiger partial charge in [0.1, 0.15) is 5.75 Å². The summed E-state index contributed by atoms with van der Waals surface area (Å²) in [5, 5.41) is 0. The number of nitrogens with zero attached hydrogens (tertiary/aromatic N) is 3. The van der Waals surface area contributed by atoms with Crippen molar-refractivity contribution in [2.24, 2.45) is 23.2 Å². The van der Waals surface area contributed by atoms with Gasteiger partial charge < -0.3 is 9.47 Å². The topological polar surface area (TPSA) is 37.8 Å². The van der Waals surface area contributed by atoms with Gasteiger partial charge in [0.2, 0.25) is 0 Å². The van der Waals surface area contributed by atoms with Crippen LogP contribution in [0.4, 0.5) is 0 Å². The third-order valence-corrected chi connectivity index (χ3v) is 11.9. The number of rotatable bonds is 7. The first-order chi connectivity index (χ1) is 19.7. The Morgan fingerprint density at radius 2 is 1.90 bits per heavy atom. The van der Waals surface area contributed by atoms with Crippen LogP contribution in [0.1, 0.15) is 48.8 Å². The lowest BCUT2D eigenvalue weighted by atomic mass is 9.50. The molecule has 206 valence electrons. The van der Waals surface area contributed by atoms with E-state index in [1.165, 1.54) is 68.4 Å². The summed E-state index contributed by atoms with van der Waals surface area (Å²) in [7, 11) is 1.80. The van der Waals surface area contributed by atoms with E-state index in [-0.39, 0.29) is 5.41 Å². The Kier molecular flexibility index (Phi) is 5.09. The molecule has 4 bridgehead atoms. The molecular formula is C35H39N3O2. The SMILES string of the molecule is COc1ccc2c(c1Oc1cccnc1)C13CCN(CC4CC4)C(C2)C12CC1CN(Cc4ccccc4)C(C2)C13. The van der Waals surface area contributed by atoms with Crippen LogP contribution in [0.15, 0.2) is 67.0 Å². The van der Waals surface area contributed by atoms with Crippen molar-refractivity contribution in [2.45, 2.75) is 62.6 Å². The first kappa shape index (κ1) is 23.8. The molecule has 5 fully saturated rings. The Morgan fingerprint density at radius 1 is 1.00 bits per heavy atom. The van der Waals surface area contributed by atoms with Crippen molar-refractivity contribution in [3.63, 3.8) is 0 Å². The van der Waals surface area contributed by atoms with Crippen molar-refractivity contribution in [3.8, 4) is 17.2 Å². The van der Waals surface area contributed by atoms with Gasteiger partial charge in [-0.15, -0.1) is 0 Å². The van der Waals surface area contributed by atoms with Crippen LogP contribution < -0.4 is 9.47 Å². The predicted octanol–water partition coefficient (Wildman–Crippen LogP) is 6.07. The Hall–Kier alpha value is -2.89. The fraction of sp³-hybridized carbons (Fsp3) is 0.514. The van der Waals surface area contributed by atoms with Crippen molar-refractivity contribution >= 4 is 0 Å². The van der Waals surface area contributed by atoms with Crippen LogP contribution >= 0.6 is 0 Å². The largest absolute Gasteiger partial charge is 0.493 e. The van der Waals surface area contributed by atoms with Gasteiger partial charge in [-0.2, -0.15) is 0 Å². The standard InChI is InChI=1S/C35H39N3O2/c1-39-29-12-11-25-16-30-34-17-26-22-38(21-23-6-3-2-4-7-23)28(18-34)31(26)35(34,13-15-37(30)20-24-9-10-24)32(25)33(29)40-27-8-5-14-36-19-27/h2-8,11-12,14,19,24,26,28,30-31H,9-10,13,15-18,20-22H2,1H3. The summed E-state index contributed by atoms with van der Waals surface area (Å²) < 4.78 is 12.9. The molecule has 6 atom stereocenters. The lowest BCUT2D eigenvalue weighted by Gasteiger charge is -2.60. The molecule has 5 heteroatoms. The van der Waals surface area contributed by atoms with Crippen molar-refractivity contribution < 1.29 is 9.47 Å². The maximum atomic E-state index is 6.81. The quantitative estimate of drug-likeness (QED) is 0.369. The highest BCUT2D eigenvalue weighted by Gasteiger charge is 2.79. The van der Waals surface area contributed by atoms with Crippen molar-refractivity contribution in [3.05, 3.63) is 83.7 Å². The maximum absolute atomic E-state index is 6.81. The third-order valence-electron chi connectivity index (χ3n) is 11.9. The molecule has 3 saturated carbocycles. The zero-order valence-electron chi connectivity index (χ0n) is 23.5. The zero-order chi connectivity index (χ0) is 26.5. The molecule has 5 nitrogen and oxygen atoms in total. The number of likely N-dealkylation sites (tertiary alicyclic amines) is 2. The van der Waals surface area contributed by atoms with E-state index >= 15 is 0 Å². The minimum atomic E-state index is 0.151. The van der Waals surface area contributed by atoms with E-state index in [0.717, 1.165) is 42.0 Å². The number of piperidine rings is 1. The third kappa shape index (κ3) is 3.14. The van der Waals surface area contributed by atoms with Crippen molar-refractivity contribution in [1.29, 1.82) is 0 Å². The van der Waals surface area contributed by atoms with E-state index in [4.69, 9.17) is 9.47 Å². The van der Waals surface area contributed by atoms with Crippen molar-refractivity contribution in [1.82, 2.24) is 14.8 Å². The summed E-state index contributed by atoms with van der Waals surface area (Å²) >= 11 is 0. The summed E-state index contributed by atoms with van der Waals surface area (Å²) in [6, 6.07) is 21.0. The number of aromatic nitrogens is 1. The van der Waals surface area contributed by atoms with Gasteiger partial charge in [0.15, 0.2) is 11.5 Å². The highest BCUT2D eigenvalue weighted by Crippen LogP contribution is 2.79. The van der Waals surface area contributed by atoms with E-state index in [1.54, 1.807) is 7.11 Å². The molecule has 2 saturated heterocycles. The second-order valence-corrected chi connectivity index (χ2v) is 13.6. The van der Waals surface area contributed by atoms with Crippen LogP contribution in [-0.4, -0.2) is 53.6 Å². The lowest BCUT2D eigenvalue weighted by Crippen LogP contribution is -2.64. The summed E-state index contributed by atoms with van der Waals surface area (Å²) in [5.74, 6) is 5.00. The Morgan fingerprint density at radius 3 is 2.70 bits per heavy atom. The summed E-state index contributed by atoms with van der Waals surface area (Å²) in [4.78, 5) is 10.2. The summed E-state index contributed by atoms with van der Waals surface area (Å²) in [6.07, 6.45) is 11.6. The molecule has 0 amide bonds. The number of methoxy groups -OCH3 is 1. The molecule has 0 N–H and O–H groups in total. The molecule has 4 aliphatic carbocycles. The fourth-order valence-corrected chi connectivity index (χ4v) is 10.7. The molecule has 1 aromatic heterocycles. The van der Waals surface area contributed by atoms with Gasteiger partial charge >= 0.3 is 0 Å². The molecule has 3 heterocycles. The van der Waals surface area contributed by atoms with Gasteiger partial charge in [-0.05, 0) is 97.6 Å². The number of ether oxygens (including phenoxy) is 2. The average Bonchev–Trinajstić information content (AvgIpc) is 3.62. The van der Waals surface area contributed by atoms with Crippen molar-refractivity contribution in [2.75, 3.05) is 26.7 Å². The van der Waals surface area contributed by atoms with Crippen LogP contribution in [0.3, 0.4) is 0 Å². The van der Waals surface area contributed by atoms with Crippen LogP contribution in [0, 0.1) is 23.2 Å². The molecule has 3 aromatic rings. The number of fused-ring (bicyclic) bond motifs is 1.